The van der Waals surface area contributed by atoms with Crippen LogP contribution in [-0.2, 0) is 9.84 Å². The second-order valence-corrected chi connectivity index (χ2v) is 7.97. The molecule has 5 nitrogen and oxygen atoms in total. The van der Waals surface area contributed by atoms with Crippen LogP contribution < -0.4 is 10.1 Å². The Labute approximate surface area is 148 Å². The summed E-state index contributed by atoms with van der Waals surface area (Å²) in [6.07, 6.45) is 1.17. The number of amides is 1. The molecule has 2 aromatic carbocycles. The Kier molecular flexibility index (Phi) is 5.85. The van der Waals surface area contributed by atoms with Gasteiger partial charge in [0.2, 0.25) is 0 Å². The first kappa shape index (κ1) is 19.0. The first-order valence-electron chi connectivity index (χ1n) is 8.06. The summed E-state index contributed by atoms with van der Waals surface area (Å²) in [7, 11) is -3.22. The van der Waals surface area contributed by atoms with E-state index in [1.54, 1.807) is 42.5 Å². The van der Waals surface area contributed by atoms with Gasteiger partial charge in [0.05, 0.1) is 17.5 Å². The van der Waals surface area contributed by atoms with Crippen LogP contribution in [0.1, 0.15) is 41.4 Å². The normalized spacial score (nSPS) is 12.5. The lowest BCUT2D eigenvalue weighted by Crippen LogP contribution is -2.26. The zero-order chi connectivity index (χ0) is 18.6. The van der Waals surface area contributed by atoms with Crippen LogP contribution in [0.2, 0.25) is 0 Å². The number of sulfone groups is 1. The van der Waals surface area contributed by atoms with Crippen LogP contribution >= 0.6 is 0 Å². The van der Waals surface area contributed by atoms with Crippen LogP contribution in [0.3, 0.4) is 0 Å². The van der Waals surface area contributed by atoms with Crippen LogP contribution in [0, 0.1) is 6.92 Å². The van der Waals surface area contributed by atoms with E-state index in [1.807, 2.05) is 20.8 Å². The highest BCUT2D eigenvalue weighted by Crippen LogP contribution is 2.20. The summed E-state index contributed by atoms with van der Waals surface area (Å²) >= 11 is 0. The van der Waals surface area contributed by atoms with E-state index in [2.05, 4.69) is 5.32 Å². The molecule has 25 heavy (non-hydrogen) atoms. The highest BCUT2D eigenvalue weighted by atomic mass is 32.2. The molecule has 1 atom stereocenters. The van der Waals surface area contributed by atoms with Gasteiger partial charge in [0.25, 0.3) is 5.91 Å². The minimum Gasteiger partial charge on any atom is -0.494 e. The fourth-order valence-corrected chi connectivity index (χ4v) is 3.11. The van der Waals surface area contributed by atoms with Crippen LogP contribution in [0.15, 0.2) is 47.4 Å². The van der Waals surface area contributed by atoms with Gasteiger partial charge >= 0.3 is 0 Å². The average molecular weight is 361 g/mol. The van der Waals surface area contributed by atoms with Crippen molar-refractivity contribution in [3.63, 3.8) is 0 Å². The Morgan fingerprint density at radius 2 is 1.80 bits per heavy atom. The molecule has 0 radical (unpaired) electrons. The Morgan fingerprint density at radius 1 is 1.16 bits per heavy atom. The highest BCUT2D eigenvalue weighted by Gasteiger charge is 2.14. The summed E-state index contributed by atoms with van der Waals surface area (Å²) in [5.74, 6) is 0.578. The molecule has 0 saturated carbocycles. The van der Waals surface area contributed by atoms with E-state index >= 15 is 0 Å². The SMILES string of the molecule is CCOc1ccc(C(=O)NC(C)c2ccc(S(C)(=O)=O)cc2)cc1C. The maximum absolute atomic E-state index is 12.4. The van der Waals surface area contributed by atoms with E-state index in [0.29, 0.717) is 12.2 Å². The van der Waals surface area contributed by atoms with Crippen LogP contribution in [0.25, 0.3) is 0 Å². The summed E-state index contributed by atoms with van der Waals surface area (Å²) in [5.41, 5.74) is 2.30. The number of hydrogen-bond acceptors (Lipinski definition) is 4. The number of rotatable bonds is 6. The number of nitrogens with one attached hydrogen (secondary N) is 1. The molecule has 1 amide bonds. The van der Waals surface area contributed by atoms with Crippen LogP contribution in [0.4, 0.5) is 0 Å². The van der Waals surface area contributed by atoms with Gasteiger partial charge in [-0.15, -0.1) is 0 Å². The molecule has 0 saturated heterocycles. The quantitative estimate of drug-likeness (QED) is 0.857. The van der Waals surface area contributed by atoms with Gasteiger partial charge in [-0.25, -0.2) is 8.42 Å². The third kappa shape index (κ3) is 4.82. The Hall–Kier alpha value is -2.34. The van der Waals surface area contributed by atoms with Gasteiger partial charge in [0, 0.05) is 11.8 Å². The van der Waals surface area contributed by atoms with Crippen molar-refractivity contribution in [1.82, 2.24) is 5.32 Å². The van der Waals surface area contributed by atoms with Gasteiger partial charge in [-0.05, 0) is 62.2 Å². The zero-order valence-electron chi connectivity index (χ0n) is 14.9. The van der Waals surface area contributed by atoms with Gasteiger partial charge in [0.1, 0.15) is 5.75 Å². The van der Waals surface area contributed by atoms with Gasteiger partial charge < -0.3 is 10.1 Å². The topological polar surface area (TPSA) is 72.5 Å². The van der Waals surface area contributed by atoms with Gasteiger partial charge in [-0.3, -0.25) is 4.79 Å². The van der Waals surface area contributed by atoms with Crippen molar-refractivity contribution in [2.24, 2.45) is 0 Å². The van der Waals surface area contributed by atoms with Crippen molar-refractivity contribution in [3.05, 3.63) is 59.2 Å². The van der Waals surface area contributed by atoms with E-state index in [4.69, 9.17) is 4.74 Å². The first-order chi connectivity index (χ1) is 11.7. The van der Waals surface area contributed by atoms with E-state index in [9.17, 15) is 13.2 Å². The van der Waals surface area contributed by atoms with Crippen molar-refractivity contribution >= 4 is 15.7 Å². The van der Waals surface area contributed by atoms with E-state index in [0.717, 1.165) is 16.9 Å². The molecule has 0 aliphatic rings. The van der Waals surface area contributed by atoms with Crippen molar-refractivity contribution in [2.45, 2.75) is 31.7 Å². The minimum absolute atomic E-state index is 0.189. The molecule has 0 bridgehead atoms. The number of benzene rings is 2. The van der Waals surface area contributed by atoms with Crippen LogP contribution in [0.5, 0.6) is 5.75 Å². The highest BCUT2D eigenvalue weighted by molar-refractivity contribution is 7.90. The fraction of sp³-hybridized carbons (Fsp3) is 0.316. The summed E-state index contributed by atoms with van der Waals surface area (Å²) in [4.78, 5) is 12.7. The standard InChI is InChI=1S/C19H23NO4S/c1-5-24-18-11-8-16(12-13(18)2)19(21)20-14(3)15-6-9-17(10-7-15)25(4,22)23/h6-12,14H,5H2,1-4H3,(H,20,21). The first-order valence-corrected chi connectivity index (χ1v) is 9.96. The van der Waals surface area contributed by atoms with Crippen molar-refractivity contribution in [1.29, 1.82) is 0 Å². The van der Waals surface area contributed by atoms with E-state index in [-0.39, 0.29) is 16.8 Å². The predicted molar refractivity (Wildman–Crippen MR) is 97.8 cm³/mol. The van der Waals surface area contributed by atoms with Gasteiger partial charge in [-0.2, -0.15) is 0 Å². The molecular weight excluding hydrogens is 338 g/mol. The molecule has 1 unspecified atom stereocenters. The van der Waals surface area contributed by atoms with Crippen molar-refractivity contribution in [3.8, 4) is 5.75 Å². The summed E-state index contributed by atoms with van der Waals surface area (Å²) in [6.45, 7) is 6.24. The molecular formula is C19H23NO4S. The zero-order valence-corrected chi connectivity index (χ0v) is 15.7. The van der Waals surface area contributed by atoms with Crippen molar-refractivity contribution in [2.75, 3.05) is 12.9 Å². The Bertz CT molecular complexity index is 857. The second-order valence-electron chi connectivity index (χ2n) is 5.95. The molecule has 2 rings (SSSR count). The monoisotopic (exact) mass is 361 g/mol. The van der Waals surface area contributed by atoms with E-state index < -0.39 is 9.84 Å². The molecule has 0 aliphatic carbocycles. The summed E-state index contributed by atoms with van der Waals surface area (Å²) in [5, 5.41) is 2.92. The smallest absolute Gasteiger partial charge is 0.251 e. The predicted octanol–water partition coefficient (Wildman–Crippen LogP) is 3.29. The van der Waals surface area contributed by atoms with Gasteiger partial charge in [0.15, 0.2) is 9.84 Å². The molecule has 0 aliphatic heterocycles. The lowest BCUT2D eigenvalue weighted by Gasteiger charge is -2.15. The number of aryl methyl sites for hydroxylation is 1. The summed E-state index contributed by atoms with van der Waals surface area (Å²) in [6, 6.07) is 11.6. The second kappa shape index (κ2) is 7.70. The maximum Gasteiger partial charge on any atom is 0.251 e. The fourth-order valence-electron chi connectivity index (χ4n) is 2.48. The average Bonchev–Trinajstić information content (AvgIpc) is 2.56. The summed E-state index contributed by atoms with van der Waals surface area (Å²) < 4.78 is 28.5. The lowest BCUT2D eigenvalue weighted by atomic mass is 10.1. The number of carbonyl (C=O) groups excluding carboxylic acids is 1. The molecule has 134 valence electrons. The van der Waals surface area contributed by atoms with Crippen molar-refractivity contribution < 1.29 is 17.9 Å². The number of hydrogen-bond donors (Lipinski definition) is 1. The van der Waals surface area contributed by atoms with Gasteiger partial charge in [-0.1, -0.05) is 12.1 Å². The molecule has 2 aromatic rings. The Morgan fingerprint density at radius 3 is 2.32 bits per heavy atom. The van der Waals surface area contributed by atoms with Crippen LogP contribution in [-0.4, -0.2) is 27.2 Å². The molecule has 0 spiro atoms. The molecule has 0 fully saturated rings. The molecule has 0 aromatic heterocycles. The minimum atomic E-state index is -3.22. The van der Waals surface area contributed by atoms with E-state index in [1.165, 1.54) is 6.26 Å². The number of ether oxygens (including phenoxy) is 1. The third-order valence-electron chi connectivity index (χ3n) is 3.89. The lowest BCUT2D eigenvalue weighted by molar-refractivity contribution is 0.0939. The number of carbonyl (C=O) groups is 1. The third-order valence-corrected chi connectivity index (χ3v) is 5.02. The molecule has 1 N–H and O–H groups in total. The molecule has 6 heteroatoms. The molecule has 0 heterocycles. The Balaban J connectivity index is 2.10. The largest absolute Gasteiger partial charge is 0.494 e. The maximum atomic E-state index is 12.4.